The van der Waals surface area contributed by atoms with Gasteiger partial charge >= 0.3 is 7.12 Å². The summed E-state index contributed by atoms with van der Waals surface area (Å²) in [6.07, 6.45) is 41.4. The first kappa shape index (κ1) is 44.2. The molecule has 0 aromatic heterocycles. The lowest BCUT2D eigenvalue weighted by Gasteiger charge is -2.32. The van der Waals surface area contributed by atoms with Crippen molar-refractivity contribution in [2.24, 2.45) is 0 Å². The zero-order valence-corrected chi connectivity index (χ0v) is 34.0. The first-order valence-corrected chi connectivity index (χ1v) is 21.9. The summed E-state index contributed by atoms with van der Waals surface area (Å²) in [4.78, 5) is 0. The highest BCUT2D eigenvalue weighted by molar-refractivity contribution is 6.62. The molecule has 284 valence electrons. The number of hydrogen-bond acceptors (Lipinski definition) is 3. The van der Waals surface area contributed by atoms with Gasteiger partial charge in [-0.25, -0.2) is 0 Å². The van der Waals surface area contributed by atoms with Crippen molar-refractivity contribution in [1.29, 1.82) is 0 Å². The van der Waals surface area contributed by atoms with Crippen LogP contribution in [0.25, 0.3) is 0 Å². The Labute approximate surface area is 307 Å². The molecule has 0 aliphatic carbocycles. The predicted octanol–water partition coefficient (Wildman–Crippen LogP) is 14.3. The third-order valence-electron chi connectivity index (χ3n) is 11.3. The van der Waals surface area contributed by atoms with E-state index in [1.165, 1.54) is 185 Å². The standard InChI is InChI=1S/C45H83BO3/c1-7-9-11-13-15-17-19-21-22-23-25-27-29-31-33-35-37-47-43-39-41(38-42(40-43)46-48-44(3,4)45(5,6)49-46)36-34-32-30-28-26-24-20-18-16-14-12-10-8-2/h38-40H,7-37H2,1-6H3. The molecule has 0 unspecified atom stereocenters. The molecule has 1 aliphatic rings. The van der Waals surface area contributed by atoms with Crippen molar-refractivity contribution < 1.29 is 14.0 Å². The second-order valence-corrected chi connectivity index (χ2v) is 16.6. The highest BCUT2D eigenvalue weighted by Crippen LogP contribution is 2.37. The number of unbranched alkanes of at least 4 members (excludes halogenated alkanes) is 27. The van der Waals surface area contributed by atoms with E-state index in [0.717, 1.165) is 30.7 Å². The zero-order chi connectivity index (χ0) is 35.5. The van der Waals surface area contributed by atoms with Gasteiger partial charge in [-0.2, -0.15) is 0 Å². The average molecular weight is 683 g/mol. The maximum Gasteiger partial charge on any atom is 0.494 e. The smallest absolute Gasteiger partial charge is 0.494 e. The summed E-state index contributed by atoms with van der Waals surface area (Å²) in [5.74, 6) is 0.984. The summed E-state index contributed by atoms with van der Waals surface area (Å²) in [7, 11) is -0.338. The molecule has 2 rings (SSSR count). The van der Waals surface area contributed by atoms with Crippen LogP contribution in [0.1, 0.15) is 233 Å². The normalized spacial score (nSPS) is 15.3. The van der Waals surface area contributed by atoms with E-state index < -0.39 is 0 Å². The molecular formula is C45H83BO3. The first-order valence-electron chi connectivity index (χ1n) is 21.9. The minimum atomic E-state index is -0.338. The predicted molar refractivity (Wildman–Crippen MR) is 217 cm³/mol. The molecule has 0 radical (unpaired) electrons. The van der Waals surface area contributed by atoms with E-state index in [0.29, 0.717) is 0 Å². The summed E-state index contributed by atoms with van der Waals surface area (Å²) in [5, 5.41) is 0. The van der Waals surface area contributed by atoms with Gasteiger partial charge in [-0.1, -0.05) is 193 Å². The Balaban J connectivity index is 1.64. The van der Waals surface area contributed by atoms with E-state index >= 15 is 0 Å². The maximum atomic E-state index is 6.44. The largest absolute Gasteiger partial charge is 0.494 e. The van der Waals surface area contributed by atoms with Gasteiger partial charge in [-0.05, 0) is 70.1 Å². The van der Waals surface area contributed by atoms with Gasteiger partial charge in [0.05, 0.1) is 17.8 Å². The van der Waals surface area contributed by atoms with E-state index in [4.69, 9.17) is 14.0 Å². The quantitative estimate of drug-likeness (QED) is 0.0545. The average Bonchev–Trinajstić information content (AvgIpc) is 3.30. The summed E-state index contributed by atoms with van der Waals surface area (Å²) >= 11 is 0. The van der Waals surface area contributed by atoms with Gasteiger partial charge in [0, 0.05) is 0 Å². The minimum Gasteiger partial charge on any atom is -0.494 e. The van der Waals surface area contributed by atoms with Gasteiger partial charge in [-0.15, -0.1) is 0 Å². The molecule has 0 spiro atoms. The summed E-state index contributed by atoms with van der Waals surface area (Å²) < 4.78 is 19.3. The molecule has 4 heteroatoms. The molecule has 1 saturated heterocycles. The Morgan fingerprint density at radius 2 is 0.796 bits per heavy atom. The number of ether oxygens (including phenoxy) is 1. The number of benzene rings is 1. The van der Waals surface area contributed by atoms with Crippen LogP contribution in [-0.4, -0.2) is 24.9 Å². The van der Waals surface area contributed by atoms with E-state index in [-0.39, 0.29) is 18.3 Å². The number of aryl methyl sites for hydroxylation is 1. The lowest BCUT2D eigenvalue weighted by atomic mass is 9.78. The van der Waals surface area contributed by atoms with Gasteiger partial charge < -0.3 is 14.0 Å². The Hall–Kier alpha value is -0.995. The van der Waals surface area contributed by atoms with Gasteiger partial charge in [-0.3, -0.25) is 0 Å². The molecule has 0 atom stereocenters. The number of hydrogen-bond donors (Lipinski definition) is 0. The number of rotatable bonds is 33. The Morgan fingerprint density at radius 3 is 1.18 bits per heavy atom. The molecule has 0 N–H and O–H groups in total. The Bertz CT molecular complexity index is 897. The van der Waals surface area contributed by atoms with Crippen LogP contribution in [0.4, 0.5) is 0 Å². The molecule has 1 aliphatic heterocycles. The van der Waals surface area contributed by atoms with Crippen LogP contribution in [-0.2, 0) is 15.7 Å². The molecule has 0 saturated carbocycles. The van der Waals surface area contributed by atoms with Crippen molar-refractivity contribution >= 4 is 12.6 Å². The summed E-state index contributed by atoms with van der Waals surface area (Å²) in [5.41, 5.74) is 1.79. The minimum absolute atomic E-state index is 0.336. The molecule has 1 aromatic rings. The summed E-state index contributed by atoms with van der Waals surface area (Å²) in [6.45, 7) is 13.9. The summed E-state index contributed by atoms with van der Waals surface area (Å²) in [6, 6.07) is 6.76. The second-order valence-electron chi connectivity index (χ2n) is 16.6. The SMILES string of the molecule is CCCCCCCCCCCCCCCCCCOc1cc(CCCCCCCCCCCCCCC)cc(B2OC(C)(C)C(C)(C)O2)c1. The fourth-order valence-electron chi connectivity index (χ4n) is 7.22. The van der Waals surface area contributed by atoms with E-state index in [9.17, 15) is 0 Å². The van der Waals surface area contributed by atoms with Crippen LogP contribution in [0, 0.1) is 0 Å². The fourth-order valence-corrected chi connectivity index (χ4v) is 7.22. The first-order chi connectivity index (χ1) is 23.8. The molecule has 1 heterocycles. The molecule has 0 amide bonds. The van der Waals surface area contributed by atoms with Crippen LogP contribution < -0.4 is 10.2 Å². The van der Waals surface area contributed by atoms with Gasteiger partial charge in [0.25, 0.3) is 0 Å². The van der Waals surface area contributed by atoms with E-state index in [1.807, 2.05) is 0 Å². The van der Waals surface area contributed by atoms with E-state index in [1.54, 1.807) is 0 Å². The van der Waals surface area contributed by atoms with Crippen molar-refractivity contribution in [3.63, 3.8) is 0 Å². The topological polar surface area (TPSA) is 27.7 Å². The monoisotopic (exact) mass is 683 g/mol. The third-order valence-corrected chi connectivity index (χ3v) is 11.3. The second kappa shape index (κ2) is 27.6. The van der Waals surface area contributed by atoms with Crippen molar-refractivity contribution in [2.75, 3.05) is 6.61 Å². The molecule has 49 heavy (non-hydrogen) atoms. The van der Waals surface area contributed by atoms with Gasteiger partial charge in [0.2, 0.25) is 0 Å². The molecular weight excluding hydrogens is 599 g/mol. The zero-order valence-electron chi connectivity index (χ0n) is 34.0. The van der Waals surface area contributed by atoms with Crippen molar-refractivity contribution in [1.82, 2.24) is 0 Å². The maximum absolute atomic E-state index is 6.44. The van der Waals surface area contributed by atoms with Crippen LogP contribution in [0.15, 0.2) is 18.2 Å². The van der Waals surface area contributed by atoms with Gasteiger partial charge in [0.15, 0.2) is 0 Å². The van der Waals surface area contributed by atoms with Crippen LogP contribution >= 0.6 is 0 Å². The highest BCUT2D eigenvalue weighted by Gasteiger charge is 2.51. The molecule has 1 aromatic carbocycles. The van der Waals surface area contributed by atoms with E-state index in [2.05, 4.69) is 59.7 Å². The Morgan fingerprint density at radius 1 is 0.449 bits per heavy atom. The Kier molecular flexibility index (Phi) is 24.9. The van der Waals surface area contributed by atoms with Crippen LogP contribution in [0.3, 0.4) is 0 Å². The lowest BCUT2D eigenvalue weighted by molar-refractivity contribution is 0.00578. The lowest BCUT2D eigenvalue weighted by Crippen LogP contribution is -2.41. The molecule has 0 bridgehead atoms. The van der Waals surface area contributed by atoms with Crippen molar-refractivity contribution in [2.45, 2.75) is 245 Å². The highest BCUT2D eigenvalue weighted by atomic mass is 16.7. The van der Waals surface area contributed by atoms with Crippen molar-refractivity contribution in [3.05, 3.63) is 23.8 Å². The van der Waals surface area contributed by atoms with Crippen molar-refractivity contribution in [3.8, 4) is 5.75 Å². The van der Waals surface area contributed by atoms with Gasteiger partial charge in [0.1, 0.15) is 5.75 Å². The fraction of sp³-hybridized carbons (Fsp3) is 0.867. The van der Waals surface area contributed by atoms with Crippen LogP contribution in [0.5, 0.6) is 5.75 Å². The molecule has 3 nitrogen and oxygen atoms in total. The van der Waals surface area contributed by atoms with Crippen LogP contribution in [0.2, 0.25) is 0 Å². The third kappa shape index (κ3) is 20.6. The molecule has 1 fully saturated rings.